The first kappa shape index (κ1) is 20.1. The summed E-state index contributed by atoms with van der Waals surface area (Å²) >= 11 is 12.1. The van der Waals surface area contributed by atoms with Crippen LogP contribution in [0.3, 0.4) is 0 Å². The summed E-state index contributed by atoms with van der Waals surface area (Å²) in [7, 11) is 0. The number of hydrogen-bond acceptors (Lipinski definition) is 5. The van der Waals surface area contributed by atoms with Gasteiger partial charge in [0.1, 0.15) is 16.6 Å². The van der Waals surface area contributed by atoms with E-state index >= 15 is 0 Å². The van der Waals surface area contributed by atoms with Gasteiger partial charge in [-0.25, -0.2) is 4.98 Å². The van der Waals surface area contributed by atoms with Gasteiger partial charge >= 0.3 is 0 Å². The van der Waals surface area contributed by atoms with Crippen molar-refractivity contribution in [1.82, 2.24) is 14.1 Å². The molecule has 7 nitrogen and oxygen atoms in total. The highest BCUT2D eigenvalue weighted by Crippen LogP contribution is 2.26. The highest BCUT2D eigenvalue weighted by molar-refractivity contribution is 6.32. The summed E-state index contributed by atoms with van der Waals surface area (Å²) < 4.78 is 2.47. The highest BCUT2D eigenvalue weighted by atomic mass is 35.5. The van der Waals surface area contributed by atoms with Gasteiger partial charge in [0.15, 0.2) is 0 Å². The fourth-order valence-corrected chi connectivity index (χ4v) is 3.18. The molecule has 28 heavy (non-hydrogen) atoms. The number of hydrogen-bond donors (Lipinski definition) is 2. The summed E-state index contributed by atoms with van der Waals surface area (Å²) in [6.07, 6.45) is 2.80. The van der Waals surface area contributed by atoms with Crippen LogP contribution in [0.2, 0.25) is 10.0 Å². The third-order valence-corrected chi connectivity index (χ3v) is 4.88. The molecular weight excluding hydrogens is 405 g/mol. The minimum atomic E-state index is -1.34. The van der Waals surface area contributed by atoms with E-state index in [1.165, 1.54) is 53.6 Å². The monoisotopic (exact) mass is 421 g/mol. The molecule has 9 heteroatoms. The van der Waals surface area contributed by atoms with Gasteiger partial charge in [-0.1, -0.05) is 23.2 Å². The summed E-state index contributed by atoms with van der Waals surface area (Å²) in [5, 5.41) is 19.8. The summed E-state index contributed by atoms with van der Waals surface area (Å²) in [4.78, 5) is 29.5. The second kappa shape index (κ2) is 7.09. The van der Waals surface area contributed by atoms with Crippen LogP contribution in [0, 0.1) is 6.92 Å². The van der Waals surface area contributed by atoms with E-state index in [0.29, 0.717) is 5.69 Å². The van der Waals surface area contributed by atoms with Gasteiger partial charge in [0.05, 0.1) is 22.5 Å². The zero-order valence-corrected chi connectivity index (χ0v) is 16.8. The molecule has 0 amide bonds. The Balaban J connectivity index is 2.28. The van der Waals surface area contributed by atoms with Crippen molar-refractivity contribution in [3.8, 4) is 17.3 Å². The molecule has 3 heterocycles. The van der Waals surface area contributed by atoms with Crippen LogP contribution in [-0.2, 0) is 5.60 Å². The first-order valence-electron chi connectivity index (χ1n) is 8.24. The lowest BCUT2D eigenvalue weighted by molar-refractivity contribution is 0.0768. The zero-order chi connectivity index (χ0) is 20.8. The fourth-order valence-electron chi connectivity index (χ4n) is 2.85. The Kier molecular flexibility index (Phi) is 5.10. The standard InChI is InChI=1S/C19H17Cl2N3O4/c1-10-7-14(25)16(21)18(27)24(10)13-8-15(22-9-12(13)20)23-6-4-5-11(17(23)26)19(2,3)28/h4-9,25,28H,1-3H3. The molecule has 0 atom stereocenters. The van der Waals surface area contributed by atoms with Crippen LogP contribution in [0.25, 0.3) is 11.5 Å². The Labute approximate surface area is 170 Å². The summed E-state index contributed by atoms with van der Waals surface area (Å²) in [6.45, 7) is 4.63. The van der Waals surface area contributed by atoms with Crippen molar-refractivity contribution < 1.29 is 10.2 Å². The molecule has 0 aromatic carbocycles. The SMILES string of the molecule is Cc1cc(O)c(Cl)c(=O)n1-c1cc(-n2cccc(C(C)(C)O)c2=O)ncc1Cl. The number of halogens is 2. The van der Waals surface area contributed by atoms with Crippen LogP contribution in [0.15, 0.2) is 46.2 Å². The van der Waals surface area contributed by atoms with E-state index in [-0.39, 0.29) is 32.9 Å². The second-order valence-corrected chi connectivity index (χ2v) is 7.56. The fraction of sp³-hybridized carbons (Fsp3) is 0.211. The Morgan fingerprint density at radius 2 is 1.82 bits per heavy atom. The van der Waals surface area contributed by atoms with Gasteiger partial charge < -0.3 is 10.2 Å². The van der Waals surface area contributed by atoms with Crippen molar-refractivity contribution in [2.75, 3.05) is 0 Å². The Morgan fingerprint density at radius 3 is 2.46 bits per heavy atom. The average molecular weight is 422 g/mol. The highest BCUT2D eigenvalue weighted by Gasteiger charge is 2.22. The predicted octanol–water partition coefficient (Wildman–Crippen LogP) is 2.93. The molecular formula is C19H17Cl2N3O4. The maximum Gasteiger partial charge on any atom is 0.277 e. The maximum absolute atomic E-state index is 12.8. The van der Waals surface area contributed by atoms with Gasteiger partial charge in [0.25, 0.3) is 11.1 Å². The molecule has 3 aromatic heterocycles. The Bertz CT molecular complexity index is 1190. The zero-order valence-electron chi connectivity index (χ0n) is 15.3. The van der Waals surface area contributed by atoms with Gasteiger partial charge in [0, 0.05) is 29.6 Å². The molecule has 0 aliphatic rings. The van der Waals surface area contributed by atoms with Gasteiger partial charge in [-0.15, -0.1) is 0 Å². The number of aryl methyl sites for hydroxylation is 1. The smallest absolute Gasteiger partial charge is 0.277 e. The van der Waals surface area contributed by atoms with Crippen LogP contribution in [0.5, 0.6) is 5.75 Å². The number of pyridine rings is 3. The van der Waals surface area contributed by atoms with Gasteiger partial charge in [-0.3, -0.25) is 18.7 Å². The average Bonchev–Trinajstić information content (AvgIpc) is 2.61. The van der Waals surface area contributed by atoms with Crippen molar-refractivity contribution in [2.45, 2.75) is 26.4 Å². The predicted molar refractivity (Wildman–Crippen MR) is 107 cm³/mol. The minimum absolute atomic E-state index is 0.155. The van der Waals surface area contributed by atoms with E-state index in [1.54, 1.807) is 13.0 Å². The lowest BCUT2D eigenvalue weighted by Gasteiger charge is -2.18. The molecule has 0 radical (unpaired) electrons. The molecule has 0 fully saturated rings. The number of rotatable bonds is 3. The van der Waals surface area contributed by atoms with Crippen LogP contribution >= 0.6 is 23.2 Å². The molecule has 3 rings (SSSR count). The van der Waals surface area contributed by atoms with Crippen LogP contribution in [-0.4, -0.2) is 24.3 Å². The summed E-state index contributed by atoms with van der Waals surface area (Å²) in [5.41, 5.74) is -1.62. The molecule has 0 bridgehead atoms. The topological polar surface area (TPSA) is 97.4 Å². The van der Waals surface area contributed by atoms with Crippen LogP contribution in [0.4, 0.5) is 0 Å². The van der Waals surface area contributed by atoms with Crippen molar-refractivity contribution in [3.05, 3.63) is 78.7 Å². The van der Waals surface area contributed by atoms with E-state index in [0.717, 1.165) is 0 Å². The van der Waals surface area contributed by atoms with Crippen LogP contribution < -0.4 is 11.1 Å². The van der Waals surface area contributed by atoms with Gasteiger partial charge in [-0.2, -0.15) is 0 Å². The molecule has 0 spiro atoms. The number of aliphatic hydroxyl groups is 1. The van der Waals surface area contributed by atoms with E-state index in [2.05, 4.69) is 4.98 Å². The minimum Gasteiger partial charge on any atom is -0.506 e. The first-order chi connectivity index (χ1) is 13.0. The molecule has 0 aliphatic carbocycles. The van der Waals surface area contributed by atoms with Crippen molar-refractivity contribution in [1.29, 1.82) is 0 Å². The molecule has 3 aromatic rings. The van der Waals surface area contributed by atoms with Crippen molar-refractivity contribution >= 4 is 23.2 Å². The third kappa shape index (κ3) is 3.44. The largest absolute Gasteiger partial charge is 0.506 e. The van der Waals surface area contributed by atoms with Crippen molar-refractivity contribution in [3.63, 3.8) is 0 Å². The van der Waals surface area contributed by atoms with E-state index in [4.69, 9.17) is 23.2 Å². The van der Waals surface area contributed by atoms with E-state index < -0.39 is 16.7 Å². The molecule has 0 aliphatic heterocycles. The molecule has 0 unspecified atom stereocenters. The lowest BCUT2D eigenvalue weighted by atomic mass is 10.0. The third-order valence-electron chi connectivity index (χ3n) is 4.23. The normalized spacial score (nSPS) is 11.6. The van der Waals surface area contributed by atoms with E-state index in [9.17, 15) is 19.8 Å². The number of aromatic hydroxyl groups is 1. The number of nitrogens with zero attached hydrogens (tertiary/aromatic N) is 3. The molecule has 2 N–H and O–H groups in total. The summed E-state index contributed by atoms with van der Waals surface area (Å²) in [5.74, 6) is -0.133. The molecule has 0 saturated carbocycles. The Morgan fingerprint density at radius 1 is 1.14 bits per heavy atom. The lowest BCUT2D eigenvalue weighted by Crippen LogP contribution is -2.31. The Hall–Kier alpha value is -2.61. The first-order valence-corrected chi connectivity index (χ1v) is 9.00. The molecule has 0 saturated heterocycles. The quantitative estimate of drug-likeness (QED) is 0.677. The van der Waals surface area contributed by atoms with Crippen LogP contribution in [0.1, 0.15) is 25.1 Å². The maximum atomic E-state index is 12.8. The second-order valence-electron chi connectivity index (χ2n) is 6.78. The summed E-state index contributed by atoms with van der Waals surface area (Å²) in [6, 6.07) is 5.93. The van der Waals surface area contributed by atoms with Crippen molar-refractivity contribution in [2.24, 2.45) is 0 Å². The molecule has 146 valence electrons. The number of aromatic nitrogens is 3. The van der Waals surface area contributed by atoms with Gasteiger partial charge in [-0.05, 0) is 32.9 Å². The van der Waals surface area contributed by atoms with Gasteiger partial charge in [0.2, 0.25) is 0 Å². The van der Waals surface area contributed by atoms with E-state index in [1.807, 2.05) is 0 Å².